The number of aryl methyl sites for hydroxylation is 1. The summed E-state index contributed by atoms with van der Waals surface area (Å²) in [7, 11) is 2.10. The highest BCUT2D eigenvalue weighted by molar-refractivity contribution is 5.37. The Morgan fingerprint density at radius 2 is 1.75 bits per heavy atom. The number of likely N-dealkylation sites (N-methyl/N-ethyl adjacent to an activating group) is 1. The third-order valence-electron chi connectivity index (χ3n) is 5.12. The quantitative estimate of drug-likeness (QED) is 0.897. The van der Waals surface area contributed by atoms with Gasteiger partial charge < -0.3 is 5.32 Å². The molecular formula is C18H30N2. The van der Waals surface area contributed by atoms with Crippen LogP contribution in [-0.4, -0.2) is 30.6 Å². The van der Waals surface area contributed by atoms with Crippen LogP contribution < -0.4 is 5.32 Å². The van der Waals surface area contributed by atoms with Gasteiger partial charge in [0.25, 0.3) is 0 Å². The Bertz CT molecular complexity index is 445. The summed E-state index contributed by atoms with van der Waals surface area (Å²) in [6, 6.07) is 7.06. The molecule has 1 aromatic carbocycles. The summed E-state index contributed by atoms with van der Waals surface area (Å²) < 4.78 is 0. The molecule has 2 rings (SSSR count). The minimum atomic E-state index is 0.147. The Morgan fingerprint density at radius 1 is 1.10 bits per heavy atom. The zero-order valence-corrected chi connectivity index (χ0v) is 13.8. The number of benzene rings is 1. The third-order valence-corrected chi connectivity index (χ3v) is 5.12. The molecule has 0 radical (unpaired) electrons. The summed E-state index contributed by atoms with van der Waals surface area (Å²) in [4.78, 5) is 2.67. The van der Waals surface area contributed by atoms with Crippen LogP contribution in [0.15, 0.2) is 18.2 Å². The Hall–Kier alpha value is -0.860. The van der Waals surface area contributed by atoms with E-state index in [2.05, 4.69) is 63.2 Å². The predicted molar refractivity (Wildman–Crippen MR) is 87.2 cm³/mol. The Morgan fingerprint density at radius 3 is 2.35 bits per heavy atom. The molecule has 2 nitrogen and oxygen atoms in total. The summed E-state index contributed by atoms with van der Waals surface area (Å²) in [6.07, 6.45) is 4.07. The van der Waals surface area contributed by atoms with Crippen molar-refractivity contribution in [1.29, 1.82) is 0 Å². The molecule has 1 saturated heterocycles. The van der Waals surface area contributed by atoms with Gasteiger partial charge in [-0.2, -0.15) is 0 Å². The SMILES string of the molecule is CNC(c1cccc(C)c1C)C(C)(C)N1CCCCC1. The van der Waals surface area contributed by atoms with Crippen molar-refractivity contribution in [2.45, 2.75) is 58.5 Å². The highest BCUT2D eigenvalue weighted by atomic mass is 15.2. The first-order valence-electron chi connectivity index (χ1n) is 7.97. The summed E-state index contributed by atoms with van der Waals surface area (Å²) in [6.45, 7) is 11.7. The molecular weight excluding hydrogens is 244 g/mol. The molecule has 0 aliphatic carbocycles. The van der Waals surface area contributed by atoms with E-state index in [1.807, 2.05) is 0 Å². The normalized spacial score (nSPS) is 19.1. The zero-order valence-electron chi connectivity index (χ0n) is 13.8. The van der Waals surface area contributed by atoms with Crippen LogP contribution in [0.2, 0.25) is 0 Å². The lowest BCUT2D eigenvalue weighted by Crippen LogP contribution is -2.53. The van der Waals surface area contributed by atoms with Crippen molar-refractivity contribution >= 4 is 0 Å². The van der Waals surface area contributed by atoms with Crippen LogP contribution in [0.4, 0.5) is 0 Å². The lowest BCUT2D eigenvalue weighted by molar-refractivity contribution is 0.0631. The third kappa shape index (κ3) is 2.91. The van der Waals surface area contributed by atoms with Gasteiger partial charge in [-0.3, -0.25) is 4.90 Å². The lowest BCUT2D eigenvalue weighted by Gasteiger charge is -2.46. The van der Waals surface area contributed by atoms with Crippen molar-refractivity contribution < 1.29 is 0 Å². The minimum absolute atomic E-state index is 0.147. The Balaban J connectivity index is 2.32. The monoisotopic (exact) mass is 274 g/mol. The first-order chi connectivity index (χ1) is 9.48. The minimum Gasteiger partial charge on any atom is -0.311 e. The smallest absolute Gasteiger partial charge is 0.0502 e. The van der Waals surface area contributed by atoms with Gasteiger partial charge in [0.2, 0.25) is 0 Å². The second-order valence-electron chi connectivity index (χ2n) is 6.71. The summed E-state index contributed by atoms with van der Waals surface area (Å²) >= 11 is 0. The highest BCUT2D eigenvalue weighted by Gasteiger charge is 2.36. The summed E-state index contributed by atoms with van der Waals surface area (Å²) in [5.41, 5.74) is 4.41. The average molecular weight is 274 g/mol. The summed E-state index contributed by atoms with van der Waals surface area (Å²) in [5, 5.41) is 3.58. The molecule has 1 aromatic rings. The molecule has 2 heteroatoms. The Labute approximate surface area is 124 Å². The van der Waals surface area contributed by atoms with Gasteiger partial charge >= 0.3 is 0 Å². The molecule has 112 valence electrons. The van der Waals surface area contributed by atoms with Gasteiger partial charge in [0.1, 0.15) is 0 Å². The van der Waals surface area contributed by atoms with E-state index in [-0.39, 0.29) is 5.54 Å². The highest BCUT2D eigenvalue weighted by Crippen LogP contribution is 2.34. The molecule has 0 amide bonds. The van der Waals surface area contributed by atoms with E-state index in [0.717, 1.165) is 0 Å². The van der Waals surface area contributed by atoms with E-state index in [0.29, 0.717) is 6.04 Å². The molecule has 1 aliphatic rings. The van der Waals surface area contributed by atoms with Crippen molar-refractivity contribution in [3.8, 4) is 0 Å². The molecule has 1 atom stereocenters. The van der Waals surface area contributed by atoms with Crippen LogP contribution >= 0.6 is 0 Å². The number of nitrogens with one attached hydrogen (secondary N) is 1. The first-order valence-corrected chi connectivity index (χ1v) is 7.97. The number of piperidine rings is 1. The van der Waals surface area contributed by atoms with Crippen molar-refractivity contribution in [3.05, 3.63) is 34.9 Å². The fraction of sp³-hybridized carbons (Fsp3) is 0.667. The van der Waals surface area contributed by atoms with Crippen molar-refractivity contribution in [2.24, 2.45) is 0 Å². The Kier molecular flexibility index (Phi) is 4.87. The number of hydrogen-bond acceptors (Lipinski definition) is 2. The maximum Gasteiger partial charge on any atom is 0.0502 e. The van der Waals surface area contributed by atoms with E-state index in [1.165, 1.54) is 49.0 Å². The number of likely N-dealkylation sites (tertiary alicyclic amines) is 1. The topological polar surface area (TPSA) is 15.3 Å². The van der Waals surface area contributed by atoms with E-state index in [4.69, 9.17) is 0 Å². The zero-order chi connectivity index (χ0) is 14.8. The molecule has 1 N–H and O–H groups in total. The van der Waals surface area contributed by atoms with Gasteiger partial charge in [-0.15, -0.1) is 0 Å². The van der Waals surface area contributed by atoms with Crippen molar-refractivity contribution in [1.82, 2.24) is 10.2 Å². The lowest BCUT2D eigenvalue weighted by atomic mass is 9.83. The molecule has 0 aromatic heterocycles. The van der Waals surface area contributed by atoms with Gasteiger partial charge in [-0.25, -0.2) is 0 Å². The largest absolute Gasteiger partial charge is 0.311 e. The standard InChI is InChI=1S/C18H30N2/c1-14-10-9-11-16(15(14)2)17(19-5)18(3,4)20-12-7-6-8-13-20/h9-11,17,19H,6-8,12-13H2,1-5H3. The first kappa shape index (κ1) is 15.5. The maximum atomic E-state index is 3.58. The van der Waals surface area contributed by atoms with Crippen LogP contribution in [0.1, 0.15) is 55.8 Å². The molecule has 20 heavy (non-hydrogen) atoms. The molecule has 1 unspecified atom stereocenters. The van der Waals surface area contributed by atoms with Gasteiger partial charge in [-0.1, -0.05) is 24.6 Å². The van der Waals surface area contributed by atoms with E-state index >= 15 is 0 Å². The van der Waals surface area contributed by atoms with Crippen LogP contribution in [-0.2, 0) is 0 Å². The van der Waals surface area contributed by atoms with E-state index < -0.39 is 0 Å². The maximum absolute atomic E-state index is 3.58. The molecule has 1 fully saturated rings. The van der Waals surface area contributed by atoms with Crippen molar-refractivity contribution in [3.63, 3.8) is 0 Å². The van der Waals surface area contributed by atoms with Crippen LogP contribution in [0, 0.1) is 13.8 Å². The molecule has 0 spiro atoms. The second kappa shape index (κ2) is 6.28. The van der Waals surface area contributed by atoms with Crippen LogP contribution in [0.3, 0.4) is 0 Å². The van der Waals surface area contributed by atoms with Gasteiger partial charge in [0.15, 0.2) is 0 Å². The molecule has 1 aliphatic heterocycles. The molecule has 1 heterocycles. The fourth-order valence-corrected chi connectivity index (χ4v) is 3.63. The summed E-state index contributed by atoms with van der Waals surface area (Å²) in [5.74, 6) is 0. The second-order valence-corrected chi connectivity index (χ2v) is 6.71. The van der Waals surface area contributed by atoms with Crippen LogP contribution in [0.25, 0.3) is 0 Å². The van der Waals surface area contributed by atoms with Gasteiger partial charge in [0, 0.05) is 5.54 Å². The molecule has 0 saturated carbocycles. The number of hydrogen-bond donors (Lipinski definition) is 1. The number of nitrogens with zero attached hydrogens (tertiary/aromatic N) is 1. The average Bonchev–Trinajstić information content (AvgIpc) is 2.45. The fourth-order valence-electron chi connectivity index (χ4n) is 3.63. The van der Waals surface area contributed by atoms with E-state index in [9.17, 15) is 0 Å². The van der Waals surface area contributed by atoms with Gasteiger partial charge in [-0.05, 0) is 77.4 Å². The molecule has 0 bridgehead atoms. The van der Waals surface area contributed by atoms with E-state index in [1.54, 1.807) is 0 Å². The van der Waals surface area contributed by atoms with Gasteiger partial charge in [0.05, 0.1) is 6.04 Å². The number of rotatable bonds is 4. The predicted octanol–water partition coefficient (Wildman–Crippen LogP) is 3.83. The van der Waals surface area contributed by atoms with Crippen LogP contribution in [0.5, 0.6) is 0 Å². The van der Waals surface area contributed by atoms with Crippen molar-refractivity contribution in [2.75, 3.05) is 20.1 Å².